The van der Waals surface area contributed by atoms with E-state index in [0.29, 0.717) is 34.8 Å². The van der Waals surface area contributed by atoms with Crippen LogP contribution in [0.5, 0.6) is 0 Å². The van der Waals surface area contributed by atoms with Crippen LogP contribution < -0.4 is 5.73 Å². The zero-order valence-electron chi connectivity index (χ0n) is 11.2. The molecule has 1 unspecified atom stereocenters. The number of nitrogens with zero attached hydrogens (tertiary/aromatic N) is 1. The van der Waals surface area contributed by atoms with E-state index in [-0.39, 0.29) is 17.2 Å². The van der Waals surface area contributed by atoms with Crippen molar-refractivity contribution in [2.75, 3.05) is 0 Å². The molecule has 0 spiro atoms. The molecule has 4 nitrogen and oxygen atoms in total. The molecule has 1 atom stereocenters. The van der Waals surface area contributed by atoms with Gasteiger partial charge in [0.15, 0.2) is 5.78 Å². The molecular weight excluding hydrogens is 288 g/mol. The number of carbonyl (C=O) groups is 1. The molecule has 1 aromatic rings. The lowest BCUT2D eigenvalue weighted by Crippen LogP contribution is -2.27. The highest BCUT2D eigenvalue weighted by molar-refractivity contribution is 6.31. The summed E-state index contributed by atoms with van der Waals surface area (Å²) in [6.45, 7) is 0. The van der Waals surface area contributed by atoms with Gasteiger partial charge in [-0.1, -0.05) is 29.8 Å². The Kier molecular flexibility index (Phi) is 3.44. The molecule has 1 aromatic carbocycles. The first-order valence-electron chi connectivity index (χ1n) is 6.71. The Balaban J connectivity index is 2.23. The van der Waals surface area contributed by atoms with Crippen LogP contribution in [-0.2, 0) is 9.53 Å². The van der Waals surface area contributed by atoms with E-state index in [0.717, 1.165) is 6.42 Å². The van der Waals surface area contributed by atoms with Gasteiger partial charge in [0.2, 0.25) is 5.88 Å². The first kappa shape index (κ1) is 13.7. The Morgan fingerprint density at radius 1 is 1.33 bits per heavy atom. The van der Waals surface area contributed by atoms with Gasteiger partial charge in [-0.05, 0) is 18.1 Å². The summed E-state index contributed by atoms with van der Waals surface area (Å²) >= 11 is 6.26. The maximum atomic E-state index is 12.3. The molecule has 0 aromatic heterocycles. The molecule has 0 amide bonds. The average Bonchev–Trinajstić information content (AvgIpc) is 2.47. The van der Waals surface area contributed by atoms with Crippen LogP contribution in [0.4, 0.5) is 0 Å². The van der Waals surface area contributed by atoms with Crippen molar-refractivity contribution in [2.45, 2.75) is 25.2 Å². The molecule has 0 fully saturated rings. The number of Topliss-reactive ketones (excluding diaryl/α,β-unsaturated/α-hetero) is 1. The molecule has 1 aliphatic heterocycles. The van der Waals surface area contributed by atoms with Crippen molar-refractivity contribution in [1.82, 2.24) is 0 Å². The van der Waals surface area contributed by atoms with Gasteiger partial charge in [0.25, 0.3) is 0 Å². The highest BCUT2D eigenvalue weighted by Crippen LogP contribution is 2.44. The van der Waals surface area contributed by atoms with Crippen molar-refractivity contribution in [3.05, 3.63) is 57.6 Å². The molecule has 5 heteroatoms. The van der Waals surface area contributed by atoms with E-state index in [9.17, 15) is 10.1 Å². The topological polar surface area (TPSA) is 76.1 Å². The van der Waals surface area contributed by atoms with Crippen LogP contribution in [0, 0.1) is 11.3 Å². The fourth-order valence-electron chi connectivity index (χ4n) is 2.88. The second kappa shape index (κ2) is 5.27. The summed E-state index contributed by atoms with van der Waals surface area (Å²) in [4.78, 5) is 12.3. The smallest absolute Gasteiger partial charge is 0.205 e. The number of allylic oxidation sites excluding steroid dienone is 3. The summed E-state index contributed by atoms with van der Waals surface area (Å²) in [5, 5.41) is 9.93. The summed E-state index contributed by atoms with van der Waals surface area (Å²) in [6.07, 6.45) is 1.85. The van der Waals surface area contributed by atoms with Gasteiger partial charge in [-0.2, -0.15) is 5.26 Å². The molecular formula is C16H13ClN2O2. The molecule has 0 saturated heterocycles. The van der Waals surface area contributed by atoms with Crippen LogP contribution in [-0.4, -0.2) is 5.78 Å². The number of ether oxygens (including phenoxy) is 1. The fourth-order valence-corrected chi connectivity index (χ4v) is 3.12. The van der Waals surface area contributed by atoms with Crippen LogP contribution in [0.1, 0.15) is 30.7 Å². The van der Waals surface area contributed by atoms with Gasteiger partial charge in [-0.15, -0.1) is 0 Å². The molecule has 3 rings (SSSR count). The maximum Gasteiger partial charge on any atom is 0.205 e. The Morgan fingerprint density at radius 2 is 2.10 bits per heavy atom. The van der Waals surface area contributed by atoms with Crippen LogP contribution in [0.25, 0.3) is 0 Å². The Hall–Kier alpha value is -2.25. The highest BCUT2D eigenvalue weighted by Gasteiger charge is 2.38. The van der Waals surface area contributed by atoms with E-state index in [4.69, 9.17) is 22.1 Å². The molecule has 0 radical (unpaired) electrons. The number of hydrogen-bond acceptors (Lipinski definition) is 4. The van der Waals surface area contributed by atoms with E-state index < -0.39 is 5.92 Å². The van der Waals surface area contributed by atoms with Crippen molar-refractivity contribution in [3.63, 3.8) is 0 Å². The molecule has 0 bridgehead atoms. The predicted octanol–water partition coefficient (Wildman–Crippen LogP) is 3.15. The Bertz CT molecular complexity index is 728. The van der Waals surface area contributed by atoms with E-state index in [1.165, 1.54) is 0 Å². The van der Waals surface area contributed by atoms with Gasteiger partial charge < -0.3 is 10.5 Å². The summed E-state index contributed by atoms with van der Waals surface area (Å²) < 4.78 is 5.51. The van der Waals surface area contributed by atoms with Crippen LogP contribution in [0.3, 0.4) is 0 Å². The zero-order valence-corrected chi connectivity index (χ0v) is 12.0. The standard InChI is InChI=1S/C16H13ClN2O2/c17-11-5-2-1-4-9(11)14-10(8-18)16(19)21-13-7-3-6-12(20)15(13)14/h1-2,4-5,14H,3,6-7,19H2. The molecule has 106 valence electrons. The Morgan fingerprint density at radius 3 is 2.81 bits per heavy atom. The summed E-state index contributed by atoms with van der Waals surface area (Å²) in [6, 6.07) is 9.26. The number of halogens is 1. The summed E-state index contributed by atoms with van der Waals surface area (Å²) in [5.74, 6) is 0.116. The van der Waals surface area contributed by atoms with Gasteiger partial charge in [-0.25, -0.2) is 0 Å². The summed E-state index contributed by atoms with van der Waals surface area (Å²) in [5.41, 5.74) is 7.35. The zero-order chi connectivity index (χ0) is 15.0. The fraction of sp³-hybridized carbons (Fsp3) is 0.250. The van der Waals surface area contributed by atoms with Gasteiger partial charge in [0, 0.05) is 23.4 Å². The van der Waals surface area contributed by atoms with Crippen molar-refractivity contribution >= 4 is 17.4 Å². The third-order valence-electron chi connectivity index (χ3n) is 3.82. The second-order valence-corrected chi connectivity index (χ2v) is 5.47. The lowest BCUT2D eigenvalue weighted by molar-refractivity contribution is -0.116. The number of carbonyl (C=O) groups excluding carboxylic acids is 1. The highest BCUT2D eigenvalue weighted by atomic mass is 35.5. The molecule has 1 aliphatic carbocycles. The normalized spacial score (nSPS) is 21.7. The first-order chi connectivity index (χ1) is 10.1. The average molecular weight is 301 g/mol. The van der Waals surface area contributed by atoms with E-state index in [1.54, 1.807) is 6.07 Å². The molecule has 21 heavy (non-hydrogen) atoms. The monoisotopic (exact) mass is 300 g/mol. The van der Waals surface area contributed by atoms with Gasteiger partial charge in [0.05, 0.1) is 5.92 Å². The first-order valence-corrected chi connectivity index (χ1v) is 7.09. The second-order valence-electron chi connectivity index (χ2n) is 5.06. The van der Waals surface area contributed by atoms with Gasteiger partial charge in [-0.3, -0.25) is 4.79 Å². The van der Waals surface area contributed by atoms with E-state index >= 15 is 0 Å². The number of hydrogen-bond donors (Lipinski definition) is 1. The summed E-state index contributed by atoms with van der Waals surface area (Å²) in [7, 11) is 0. The van der Waals surface area contributed by atoms with E-state index in [2.05, 4.69) is 6.07 Å². The van der Waals surface area contributed by atoms with Crippen molar-refractivity contribution < 1.29 is 9.53 Å². The van der Waals surface area contributed by atoms with Gasteiger partial charge >= 0.3 is 0 Å². The van der Waals surface area contributed by atoms with Crippen molar-refractivity contribution in [3.8, 4) is 6.07 Å². The minimum atomic E-state index is -0.528. The van der Waals surface area contributed by atoms with Gasteiger partial charge in [0.1, 0.15) is 17.4 Å². The number of nitriles is 1. The minimum absolute atomic E-state index is 0.00131. The third kappa shape index (κ3) is 2.20. The largest absolute Gasteiger partial charge is 0.444 e. The number of rotatable bonds is 1. The van der Waals surface area contributed by atoms with Crippen LogP contribution in [0.15, 0.2) is 47.1 Å². The number of benzene rings is 1. The lowest BCUT2D eigenvalue weighted by atomic mass is 9.77. The van der Waals surface area contributed by atoms with Crippen molar-refractivity contribution in [2.24, 2.45) is 5.73 Å². The van der Waals surface area contributed by atoms with Crippen LogP contribution >= 0.6 is 11.6 Å². The van der Waals surface area contributed by atoms with Crippen LogP contribution in [0.2, 0.25) is 5.02 Å². The Labute approximate surface area is 127 Å². The predicted molar refractivity (Wildman–Crippen MR) is 78.0 cm³/mol. The maximum absolute atomic E-state index is 12.3. The van der Waals surface area contributed by atoms with Crippen molar-refractivity contribution in [1.29, 1.82) is 5.26 Å². The molecule has 2 N–H and O–H groups in total. The quantitative estimate of drug-likeness (QED) is 0.864. The third-order valence-corrected chi connectivity index (χ3v) is 4.17. The molecule has 1 heterocycles. The minimum Gasteiger partial charge on any atom is -0.444 e. The molecule has 0 saturated carbocycles. The number of ketones is 1. The molecule has 2 aliphatic rings. The number of nitrogens with two attached hydrogens (primary N) is 1. The van der Waals surface area contributed by atoms with E-state index in [1.807, 2.05) is 18.2 Å². The SMILES string of the molecule is N#CC1=C(N)OC2=C(C(=O)CCC2)C1c1ccccc1Cl. The lowest BCUT2D eigenvalue weighted by Gasteiger charge is -2.31.